The zero-order chi connectivity index (χ0) is 19.9. The van der Waals surface area contributed by atoms with E-state index in [0.29, 0.717) is 23.4 Å². The van der Waals surface area contributed by atoms with Gasteiger partial charge in [0.2, 0.25) is 0 Å². The topological polar surface area (TPSA) is 71.0 Å². The van der Waals surface area contributed by atoms with E-state index in [1.54, 1.807) is 42.3 Å². The second kappa shape index (κ2) is 9.17. The molecule has 6 heteroatoms. The molecule has 2 aromatic rings. The number of unbranched alkanes of at least 4 members (excludes halogenated alkanes) is 3. The largest absolute Gasteiger partial charge is 0.497 e. The number of benzene rings is 2. The molecule has 2 aromatic carbocycles. The summed E-state index contributed by atoms with van der Waals surface area (Å²) in [5, 5.41) is 4.16. The molecule has 28 heavy (non-hydrogen) atoms. The molecule has 0 radical (unpaired) electrons. The number of ether oxygens (including phenoxy) is 1. The average Bonchev–Trinajstić information content (AvgIpc) is 3.00. The fraction of sp³-hybridized carbons (Fsp3) is 0.318. The monoisotopic (exact) mass is 379 g/mol. The van der Waals surface area contributed by atoms with Crippen LogP contribution in [-0.2, 0) is 4.79 Å². The van der Waals surface area contributed by atoms with Gasteiger partial charge in [0.1, 0.15) is 5.75 Å². The molecule has 2 amide bonds. The third-order valence-corrected chi connectivity index (χ3v) is 4.74. The summed E-state index contributed by atoms with van der Waals surface area (Å²) in [4.78, 5) is 27.0. The van der Waals surface area contributed by atoms with E-state index in [4.69, 9.17) is 4.74 Å². The maximum absolute atomic E-state index is 13.0. The summed E-state index contributed by atoms with van der Waals surface area (Å²) in [6.07, 6.45) is 4.26. The van der Waals surface area contributed by atoms with E-state index in [9.17, 15) is 9.59 Å². The molecule has 1 aliphatic heterocycles. The van der Waals surface area contributed by atoms with Gasteiger partial charge < -0.3 is 9.64 Å². The summed E-state index contributed by atoms with van der Waals surface area (Å²) in [5.41, 5.74) is 4.72. The van der Waals surface area contributed by atoms with Crippen LogP contribution < -0.4 is 15.1 Å². The van der Waals surface area contributed by atoms with Crippen LogP contribution in [0.3, 0.4) is 0 Å². The quantitative estimate of drug-likeness (QED) is 0.561. The molecule has 0 atom stereocenters. The fourth-order valence-electron chi connectivity index (χ4n) is 3.20. The number of hydrogen-bond acceptors (Lipinski definition) is 4. The van der Waals surface area contributed by atoms with Crippen molar-refractivity contribution in [2.24, 2.45) is 5.10 Å². The molecule has 3 rings (SSSR count). The first-order valence-electron chi connectivity index (χ1n) is 9.59. The zero-order valence-corrected chi connectivity index (χ0v) is 16.3. The SMILES string of the molecule is CCCCCCN1C(=O)/C(=N\NC(=O)c2ccccc2)c2ccc(OC)cc21. The highest BCUT2D eigenvalue weighted by molar-refractivity contribution is 6.54. The van der Waals surface area contributed by atoms with Gasteiger partial charge in [-0.3, -0.25) is 9.59 Å². The predicted octanol–water partition coefficient (Wildman–Crippen LogP) is 3.76. The van der Waals surface area contributed by atoms with Gasteiger partial charge in [-0.1, -0.05) is 44.4 Å². The number of nitrogens with zero attached hydrogens (tertiary/aromatic N) is 2. The van der Waals surface area contributed by atoms with Crippen LogP contribution in [0.25, 0.3) is 0 Å². The minimum absolute atomic E-state index is 0.201. The number of carbonyl (C=O) groups is 2. The number of rotatable bonds is 8. The van der Waals surface area contributed by atoms with Gasteiger partial charge >= 0.3 is 0 Å². The second-order valence-electron chi connectivity index (χ2n) is 6.67. The van der Waals surface area contributed by atoms with E-state index < -0.39 is 0 Å². The van der Waals surface area contributed by atoms with E-state index in [1.165, 1.54) is 0 Å². The van der Waals surface area contributed by atoms with Gasteiger partial charge in [0.05, 0.1) is 12.8 Å². The molecule has 0 saturated carbocycles. The van der Waals surface area contributed by atoms with E-state index in [1.807, 2.05) is 18.2 Å². The van der Waals surface area contributed by atoms with Gasteiger partial charge in [0, 0.05) is 23.7 Å². The molecule has 1 N–H and O–H groups in total. The van der Waals surface area contributed by atoms with E-state index in [-0.39, 0.29) is 17.5 Å². The van der Waals surface area contributed by atoms with Crippen molar-refractivity contribution < 1.29 is 14.3 Å². The van der Waals surface area contributed by atoms with Gasteiger partial charge in [0.25, 0.3) is 11.8 Å². The van der Waals surface area contributed by atoms with Crippen molar-refractivity contribution in [2.45, 2.75) is 32.6 Å². The molecule has 0 unspecified atom stereocenters. The normalized spacial score (nSPS) is 14.3. The van der Waals surface area contributed by atoms with Crippen molar-refractivity contribution in [1.82, 2.24) is 5.43 Å². The molecular formula is C22H25N3O3. The summed E-state index contributed by atoms with van der Waals surface area (Å²) in [7, 11) is 1.60. The Hall–Kier alpha value is -3.15. The number of fused-ring (bicyclic) bond motifs is 1. The second-order valence-corrected chi connectivity index (χ2v) is 6.67. The first-order chi connectivity index (χ1) is 13.7. The third-order valence-electron chi connectivity index (χ3n) is 4.74. The molecule has 1 aliphatic rings. The highest BCUT2D eigenvalue weighted by Crippen LogP contribution is 2.33. The Morgan fingerprint density at radius 3 is 2.61 bits per heavy atom. The van der Waals surface area contributed by atoms with Gasteiger partial charge in [0.15, 0.2) is 5.71 Å². The van der Waals surface area contributed by atoms with Gasteiger partial charge in [-0.15, -0.1) is 0 Å². The van der Waals surface area contributed by atoms with Gasteiger partial charge in [-0.2, -0.15) is 5.10 Å². The smallest absolute Gasteiger partial charge is 0.279 e. The lowest BCUT2D eigenvalue weighted by Gasteiger charge is -2.17. The molecule has 1 heterocycles. The number of hydrazone groups is 1. The Kier molecular flexibility index (Phi) is 6.42. The van der Waals surface area contributed by atoms with E-state index >= 15 is 0 Å². The van der Waals surface area contributed by atoms with Crippen LogP contribution in [0.15, 0.2) is 53.6 Å². The Bertz CT molecular complexity index is 878. The highest BCUT2D eigenvalue weighted by Gasteiger charge is 2.34. The Labute approximate surface area is 165 Å². The van der Waals surface area contributed by atoms with E-state index in [2.05, 4.69) is 17.5 Å². The maximum Gasteiger partial charge on any atom is 0.279 e. The molecule has 0 aromatic heterocycles. The van der Waals surface area contributed by atoms with Gasteiger partial charge in [-0.05, 0) is 30.7 Å². The lowest BCUT2D eigenvalue weighted by Crippen LogP contribution is -2.32. The minimum Gasteiger partial charge on any atom is -0.497 e. The molecule has 0 fully saturated rings. The van der Waals surface area contributed by atoms with Gasteiger partial charge in [-0.25, -0.2) is 5.43 Å². The minimum atomic E-state index is -0.350. The summed E-state index contributed by atoms with van der Waals surface area (Å²) in [6, 6.07) is 14.2. The van der Waals surface area contributed by atoms with Crippen molar-refractivity contribution in [1.29, 1.82) is 0 Å². The summed E-state index contributed by atoms with van der Waals surface area (Å²) >= 11 is 0. The third kappa shape index (κ3) is 4.22. The van der Waals surface area contributed by atoms with E-state index in [0.717, 1.165) is 31.4 Å². The molecule has 0 saturated heterocycles. The first-order valence-corrected chi connectivity index (χ1v) is 9.59. The summed E-state index contributed by atoms with van der Waals surface area (Å²) in [5.74, 6) is 0.130. The summed E-state index contributed by atoms with van der Waals surface area (Å²) < 4.78 is 5.31. The maximum atomic E-state index is 13.0. The molecule has 146 valence electrons. The first kappa shape index (κ1) is 19.6. The Balaban J connectivity index is 1.83. The lowest BCUT2D eigenvalue weighted by molar-refractivity contribution is -0.112. The van der Waals surface area contributed by atoms with Crippen molar-refractivity contribution >= 4 is 23.2 Å². The van der Waals surface area contributed by atoms with Crippen LogP contribution in [0.2, 0.25) is 0 Å². The van der Waals surface area contributed by atoms with Crippen LogP contribution >= 0.6 is 0 Å². The number of carbonyl (C=O) groups excluding carboxylic acids is 2. The van der Waals surface area contributed by atoms with Crippen molar-refractivity contribution in [3.63, 3.8) is 0 Å². The van der Waals surface area contributed by atoms with Crippen molar-refractivity contribution in [3.05, 3.63) is 59.7 Å². The molecule has 0 bridgehead atoms. The molecule has 0 spiro atoms. The molecule has 6 nitrogen and oxygen atoms in total. The zero-order valence-electron chi connectivity index (χ0n) is 16.3. The lowest BCUT2D eigenvalue weighted by atomic mass is 10.1. The standard InChI is InChI=1S/C22H25N3O3/c1-3-4-5-9-14-25-19-15-17(28-2)12-13-18(19)20(22(25)27)23-24-21(26)16-10-7-6-8-11-16/h6-8,10-13,15H,3-5,9,14H2,1-2H3,(H,24,26)/b23-20-. The number of amides is 2. The Morgan fingerprint density at radius 1 is 1.11 bits per heavy atom. The Morgan fingerprint density at radius 2 is 1.89 bits per heavy atom. The van der Waals surface area contributed by atoms with Crippen LogP contribution in [0, 0.1) is 0 Å². The fourth-order valence-corrected chi connectivity index (χ4v) is 3.20. The average molecular weight is 379 g/mol. The number of nitrogens with one attached hydrogen (secondary N) is 1. The molecular weight excluding hydrogens is 354 g/mol. The number of hydrogen-bond donors (Lipinski definition) is 1. The molecule has 0 aliphatic carbocycles. The number of methoxy groups -OCH3 is 1. The van der Waals surface area contributed by atoms with Crippen LogP contribution in [-0.4, -0.2) is 31.2 Å². The predicted molar refractivity (Wildman–Crippen MR) is 110 cm³/mol. The van der Waals surface area contributed by atoms with Crippen molar-refractivity contribution in [3.8, 4) is 5.75 Å². The van der Waals surface area contributed by atoms with Crippen LogP contribution in [0.1, 0.15) is 48.5 Å². The van der Waals surface area contributed by atoms with Crippen LogP contribution in [0.4, 0.5) is 5.69 Å². The van der Waals surface area contributed by atoms with Crippen molar-refractivity contribution in [2.75, 3.05) is 18.6 Å². The van der Waals surface area contributed by atoms with Crippen LogP contribution in [0.5, 0.6) is 5.75 Å². The highest BCUT2D eigenvalue weighted by atomic mass is 16.5. The summed E-state index contributed by atoms with van der Waals surface area (Å²) in [6.45, 7) is 2.77. The number of anilines is 1.